The summed E-state index contributed by atoms with van der Waals surface area (Å²) < 4.78 is 31.2. The van der Waals surface area contributed by atoms with Crippen molar-refractivity contribution in [3.63, 3.8) is 0 Å². The van der Waals surface area contributed by atoms with Crippen LogP contribution < -0.4 is 4.18 Å². The number of halogens is 1. The van der Waals surface area contributed by atoms with Crippen molar-refractivity contribution in [2.75, 3.05) is 0 Å². The maximum absolute atomic E-state index is 13.1. The van der Waals surface area contributed by atoms with Gasteiger partial charge in [-0.05, 0) is 37.3 Å². The summed E-state index contributed by atoms with van der Waals surface area (Å²) >= 11 is 6.12. The van der Waals surface area contributed by atoms with Gasteiger partial charge in [0.15, 0.2) is 5.78 Å². The van der Waals surface area contributed by atoms with Gasteiger partial charge >= 0.3 is 10.1 Å². The third kappa shape index (κ3) is 2.86. The zero-order valence-electron chi connectivity index (χ0n) is 15.6. The molecule has 2 aromatic heterocycles. The molecule has 2 aromatic carbocycles. The lowest BCUT2D eigenvalue weighted by atomic mass is 10.0. The third-order valence-corrected chi connectivity index (χ3v) is 6.44. The second-order valence-electron chi connectivity index (χ2n) is 6.93. The molecule has 0 N–H and O–H groups in total. The molecule has 0 unspecified atom stereocenters. The highest BCUT2D eigenvalue weighted by Crippen LogP contribution is 2.45. The molecule has 0 radical (unpaired) electrons. The van der Waals surface area contributed by atoms with Crippen molar-refractivity contribution in [2.24, 2.45) is 0 Å². The minimum Gasteiger partial charge on any atom is -0.357 e. The van der Waals surface area contributed by atoms with Crippen molar-refractivity contribution in [3.8, 4) is 17.0 Å². The Balaban J connectivity index is 1.76. The maximum atomic E-state index is 13.1. The third-order valence-electron chi connectivity index (χ3n) is 4.98. The fourth-order valence-electron chi connectivity index (χ4n) is 3.55. The summed E-state index contributed by atoms with van der Waals surface area (Å²) in [5.41, 5.74) is 2.99. The molecule has 0 spiro atoms. The van der Waals surface area contributed by atoms with E-state index in [4.69, 9.17) is 15.8 Å². The molecule has 148 valence electrons. The number of carbonyl (C=O) groups is 1. The van der Waals surface area contributed by atoms with Crippen molar-refractivity contribution in [1.29, 1.82) is 0 Å². The molecule has 5 rings (SSSR count). The van der Waals surface area contributed by atoms with Crippen molar-refractivity contribution >= 4 is 38.4 Å². The summed E-state index contributed by atoms with van der Waals surface area (Å²) in [6.07, 6.45) is 3.09. The summed E-state index contributed by atoms with van der Waals surface area (Å²) in [5.74, 6) is -0.637. The zero-order chi connectivity index (χ0) is 21.0. The first-order valence-corrected chi connectivity index (χ1v) is 10.8. The number of aromatic nitrogens is 2. The molecular formula is C22H13ClN2O4S. The topological polar surface area (TPSA) is 86.2 Å². The number of fused-ring (bicyclic) bond motifs is 5. The number of pyridine rings is 2. The standard InChI is InChI=1S/C22H13ClN2O4S/c1-12-2-5-14(6-3-12)30(27,28)29-22-20-19(16-7-4-13(23)10-18(16)25-22)17-11-24-9-8-15(17)21(20)26/h2-11H,1H3. The minimum absolute atomic E-state index is 0.0283. The second kappa shape index (κ2) is 6.62. The molecule has 0 saturated heterocycles. The molecule has 2 heterocycles. The molecule has 4 aromatic rings. The van der Waals surface area contributed by atoms with Gasteiger partial charge in [-0.15, -0.1) is 0 Å². The monoisotopic (exact) mass is 436 g/mol. The molecule has 0 fully saturated rings. The first-order valence-electron chi connectivity index (χ1n) is 8.99. The summed E-state index contributed by atoms with van der Waals surface area (Å²) in [4.78, 5) is 21.5. The SMILES string of the molecule is Cc1ccc(S(=O)(=O)Oc2nc3cc(Cl)ccc3c3c2C(=O)c2ccncc2-3)cc1. The smallest absolute Gasteiger partial charge is 0.340 e. The molecule has 0 saturated carbocycles. The van der Waals surface area contributed by atoms with Crippen molar-refractivity contribution in [2.45, 2.75) is 11.8 Å². The van der Waals surface area contributed by atoms with Gasteiger partial charge in [0.25, 0.3) is 0 Å². The Labute approximate surface area is 177 Å². The normalized spacial score (nSPS) is 12.7. The van der Waals surface area contributed by atoms with Crippen LogP contribution in [0.2, 0.25) is 5.02 Å². The molecule has 0 aliphatic heterocycles. The van der Waals surface area contributed by atoms with E-state index in [9.17, 15) is 13.2 Å². The predicted octanol–water partition coefficient (Wildman–Crippen LogP) is 4.57. The highest BCUT2D eigenvalue weighted by atomic mass is 35.5. The van der Waals surface area contributed by atoms with Crippen LogP contribution in [0, 0.1) is 6.92 Å². The lowest BCUT2D eigenvalue weighted by molar-refractivity contribution is 0.104. The average molecular weight is 437 g/mol. The van der Waals surface area contributed by atoms with Crippen LogP contribution in [0.5, 0.6) is 5.88 Å². The van der Waals surface area contributed by atoms with E-state index < -0.39 is 10.1 Å². The highest BCUT2D eigenvalue weighted by Gasteiger charge is 2.35. The van der Waals surface area contributed by atoms with Crippen LogP contribution in [-0.4, -0.2) is 24.2 Å². The van der Waals surface area contributed by atoms with Gasteiger partial charge in [0, 0.05) is 39.5 Å². The van der Waals surface area contributed by atoms with Crippen molar-refractivity contribution in [1.82, 2.24) is 9.97 Å². The Kier molecular flexibility index (Phi) is 4.13. The van der Waals surface area contributed by atoms with E-state index in [1.54, 1.807) is 42.6 Å². The summed E-state index contributed by atoms with van der Waals surface area (Å²) in [6.45, 7) is 1.85. The van der Waals surface area contributed by atoms with Crippen molar-refractivity contribution < 1.29 is 17.4 Å². The van der Waals surface area contributed by atoms with E-state index in [2.05, 4.69) is 9.97 Å². The minimum atomic E-state index is -4.20. The van der Waals surface area contributed by atoms with Crippen LogP contribution in [0.3, 0.4) is 0 Å². The van der Waals surface area contributed by atoms with E-state index in [1.165, 1.54) is 18.3 Å². The molecule has 0 bridgehead atoms. The summed E-state index contributed by atoms with van der Waals surface area (Å²) in [6, 6.07) is 12.9. The number of rotatable bonds is 3. The number of aryl methyl sites for hydroxylation is 1. The first-order chi connectivity index (χ1) is 14.3. The number of carbonyl (C=O) groups excluding carboxylic acids is 1. The van der Waals surface area contributed by atoms with Gasteiger partial charge in [-0.2, -0.15) is 8.42 Å². The number of hydrogen-bond acceptors (Lipinski definition) is 6. The lowest BCUT2D eigenvalue weighted by Crippen LogP contribution is -2.13. The van der Waals surface area contributed by atoms with Gasteiger partial charge in [0.05, 0.1) is 11.1 Å². The zero-order valence-corrected chi connectivity index (χ0v) is 17.2. The Morgan fingerprint density at radius 1 is 0.967 bits per heavy atom. The van der Waals surface area contributed by atoms with Gasteiger partial charge in [-0.1, -0.05) is 35.4 Å². The van der Waals surface area contributed by atoms with Crippen LogP contribution in [-0.2, 0) is 10.1 Å². The molecule has 1 aliphatic carbocycles. The van der Waals surface area contributed by atoms with Crippen LogP contribution >= 0.6 is 11.6 Å². The van der Waals surface area contributed by atoms with Crippen LogP contribution in [0.25, 0.3) is 22.0 Å². The number of ketones is 1. The molecule has 8 heteroatoms. The summed E-state index contributed by atoms with van der Waals surface area (Å²) in [5, 5.41) is 1.09. The van der Waals surface area contributed by atoms with E-state index in [0.717, 1.165) is 5.56 Å². The number of benzene rings is 2. The fraction of sp³-hybridized carbons (Fsp3) is 0.0455. The Morgan fingerprint density at radius 2 is 1.73 bits per heavy atom. The molecule has 6 nitrogen and oxygen atoms in total. The summed E-state index contributed by atoms with van der Waals surface area (Å²) in [7, 11) is -4.20. The van der Waals surface area contributed by atoms with Crippen molar-refractivity contribution in [3.05, 3.63) is 82.6 Å². The Bertz CT molecular complexity index is 1470. The largest absolute Gasteiger partial charge is 0.357 e. The number of hydrogen-bond donors (Lipinski definition) is 0. The molecule has 1 aliphatic rings. The maximum Gasteiger partial charge on any atom is 0.340 e. The van der Waals surface area contributed by atoms with Crippen LogP contribution in [0.1, 0.15) is 21.5 Å². The molecular weight excluding hydrogens is 424 g/mol. The van der Waals surface area contributed by atoms with Gasteiger partial charge in [-0.25, -0.2) is 4.98 Å². The van der Waals surface area contributed by atoms with E-state index in [0.29, 0.717) is 32.6 Å². The average Bonchev–Trinajstić information content (AvgIpc) is 3.01. The van der Waals surface area contributed by atoms with Crippen LogP contribution in [0.4, 0.5) is 0 Å². The van der Waals surface area contributed by atoms with E-state index >= 15 is 0 Å². The molecule has 30 heavy (non-hydrogen) atoms. The second-order valence-corrected chi connectivity index (χ2v) is 8.91. The van der Waals surface area contributed by atoms with Gasteiger partial charge in [0.2, 0.25) is 5.88 Å². The van der Waals surface area contributed by atoms with Gasteiger partial charge in [-0.3, -0.25) is 9.78 Å². The molecule has 0 amide bonds. The quantitative estimate of drug-likeness (QED) is 0.385. The fourth-order valence-corrected chi connectivity index (χ4v) is 4.61. The highest BCUT2D eigenvalue weighted by molar-refractivity contribution is 7.87. The van der Waals surface area contributed by atoms with E-state index in [-0.39, 0.29) is 22.1 Å². The first kappa shape index (κ1) is 18.7. The van der Waals surface area contributed by atoms with E-state index in [1.807, 2.05) is 6.92 Å². The molecule has 0 atom stereocenters. The van der Waals surface area contributed by atoms with Gasteiger partial charge in [0.1, 0.15) is 4.90 Å². The van der Waals surface area contributed by atoms with Gasteiger partial charge < -0.3 is 4.18 Å². The number of nitrogens with zero attached hydrogens (tertiary/aromatic N) is 2. The van der Waals surface area contributed by atoms with Crippen LogP contribution in [0.15, 0.2) is 65.8 Å². The Hall–Kier alpha value is -3.29. The Morgan fingerprint density at radius 3 is 2.50 bits per heavy atom. The predicted molar refractivity (Wildman–Crippen MR) is 112 cm³/mol. The lowest BCUT2D eigenvalue weighted by Gasteiger charge is -2.12.